The molecule has 2 saturated heterocycles. The van der Waals surface area contributed by atoms with Crippen LogP contribution in [0.1, 0.15) is 12.5 Å². The Morgan fingerprint density at radius 3 is 2.86 bits per heavy atom. The maximum Gasteiger partial charge on any atom is 0.245 e. The minimum Gasteiger partial charge on any atom is -0.351 e. The fraction of sp³-hybridized carbons (Fsp3) is 0.500. The van der Waals surface area contributed by atoms with Crippen LogP contribution >= 0.6 is 0 Å². The molecule has 0 radical (unpaired) electrons. The van der Waals surface area contributed by atoms with Gasteiger partial charge in [-0.05, 0) is 19.0 Å². The number of aromatic amines is 1. The average Bonchev–Trinajstić information content (AvgIpc) is 2.99. The van der Waals surface area contributed by atoms with E-state index in [2.05, 4.69) is 37.0 Å². The van der Waals surface area contributed by atoms with Gasteiger partial charge in [-0.3, -0.25) is 9.69 Å². The van der Waals surface area contributed by atoms with E-state index in [1.54, 1.807) is 6.33 Å². The lowest BCUT2D eigenvalue weighted by molar-refractivity contribution is -0.127. The summed E-state index contributed by atoms with van der Waals surface area (Å²) < 4.78 is 0. The van der Waals surface area contributed by atoms with Crippen molar-refractivity contribution in [3.05, 3.63) is 18.1 Å². The number of amides is 1. The number of aryl methyl sites for hydroxylation is 1. The molecule has 2 aromatic heterocycles. The van der Waals surface area contributed by atoms with E-state index in [1.807, 2.05) is 13.2 Å². The summed E-state index contributed by atoms with van der Waals surface area (Å²) in [6.07, 6.45) is 4.50. The van der Waals surface area contributed by atoms with Gasteiger partial charge in [-0.1, -0.05) is 6.92 Å². The van der Waals surface area contributed by atoms with E-state index in [9.17, 15) is 4.79 Å². The van der Waals surface area contributed by atoms with Crippen molar-refractivity contribution >= 4 is 22.8 Å². The van der Waals surface area contributed by atoms with Crippen LogP contribution in [0.4, 0.5) is 5.82 Å². The molecule has 2 N–H and O–H groups in total. The van der Waals surface area contributed by atoms with E-state index in [4.69, 9.17) is 0 Å². The van der Waals surface area contributed by atoms with Crippen LogP contribution in [-0.4, -0.2) is 58.1 Å². The van der Waals surface area contributed by atoms with Crippen molar-refractivity contribution in [1.82, 2.24) is 25.2 Å². The Morgan fingerprint density at radius 1 is 1.38 bits per heavy atom. The molecular formula is C14H18N6O. The quantitative estimate of drug-likeness (QED) is 0.818. The lowest BCUT2D eigenvalue weighted by Gasteiger charge is -2.49. The smallest absolute Gasteiger partial charge is 0.245 e. The van der Waals surface area contributed by atoms with Crippen LogP contribution < -0.4 is 10.2 Å². The fourth-order valence-corrected chi connectivity index (χ4v) is 3.33. The average molecular weight is 286 g/mol. The van der Waals surface area contributed by atoms with Crippen molar-refractivity contribution in [2.45, 2.75) is 18.9 Å². The third-order valence-corrected chi connectivity index (χ3v) is 4.75. The van der Waals surface area contributed by atoms with Gasteiger partial charge >= 0.3 is 0 Å². The Hall–Kier alpha value is -2.15. The molecule has 4 heterocycles. The third kappa shape index (κ3) is 1.55. The Labute approximate surface area is 122 Å². The number of fused-ring (bicyclic) bond motifs is 1. The summed E-state index contributed by atoms with van der Waals surface area (Å²) >= 11 is 0. The molecule has 2 aliphatic heterocycles. The third-order valence-electron chi connectivity index (χ3n) is 4.75. The van der Waals surface area contributed by atoms with E-state index in [-0.39, 0.29) is 11.4 Å². The molecule has 1 spiro atoms. The number of nitrogens with one attached hydrogen (secondary N) is 2. The van der Waals surface area contributed by atoms with Crippen molar-refractivity contribution < 1.29 is 4.79 Å². The summed E-state index contributed by atoms with van der Waals surface area (Å²) in [7, 11) is 1.98. The standard InChI is InChI=1S/C14H18N6O/c1-3-9-4-15-11-10(9)12(17-7-16-11)20-5-14(6-20)13(21)18-8-19(14)2/h4,7H,3,5-6,8H2,1-2H3,(H,18,21)(H,15,16,17). The molecule has 0 bridgehead atoms. The summed E-state index contributed by atoms with van der Waals surface area (Å²) in [6.45, 7) is 4.09. The summed E-state index contributed by atoms with van der Waals surface area (Å²) in [5, 5.41) is 3.99. The number of likely N-dealkylation sites (N-methyl/N-ethyl adjacent to an activating group) is 1. The van der Waals surface area contributed by atoms with Crippen molar-refractivity contribution in [3.8, 4) is 0 Å². The first-order valence-electron chi connectivity index (χ1n) is 7.21. The van der Waals surface area contributed by atoms with Crippen LogP contribution in [0.25, 0.3) is 11.0 Å². The summed E-state index contributed by atoms with van der Waals surface area (Å²) in [5.74, 6) is 1.05. The summed E-state index contributed by atoms with van der Waals surface area (Å²) in [6, 6.07) is 0. The van der Waals surface area contributed by atoms with Gasteiger partial charge in [-0.2, -0.15) is 0 Å². The Morgan fingerprint density at radius 2 is 2.19 bits per heavy atom. The van der Waals surface area contributed by atoms with Gasteiger partial charge < -0.3 is 15.2 Å². The highest BCUT2D eigenvalue weighted by atomic mass is 16.2. The molecule has 0 aromatic carbocycles. The van der Waals surface area contributed by atoms with Gasteiger partial charge in [0.25, 0.3) is 0 Å². The van der Waals surface area contributed by atoms with Gasteiger partial charge in [0.1, 0.15) is 23.3 Å². The van der Waals surface area contributed by atoms with Gasteiger partial charge in [0, 0.05) is 19.3 Å². The molecule has 21 heavy (non-hydrogen) atoms. The molecule has 1 amide bonds. The van der Waals surface area contributed by atoms with E-state index < -0.39 is 0 Å². The number of nitrogens with zero attached hydrogens (tertiary/aromatic N) is 4. The number of aromatic nitrogens is 3. The maximum absolute atomic E-state index is 12.1. The second-order valence-electron chi connectivity index (χ2n) is 5.84. The summed E-state index contributed by atoms with van der Waals surface area (Å²) in [5.41, 5.74) is 1.69. The normalized spacial score (nSPS) is 21.0. The van der Waals surface area contributed by atoms with Crippen LogP contribution in [0.3, 0.4) is 0 Å². The molecule has 7 nitrogen and oxygen atoms in total. The largest absolute Gasteiger partial charge is 0.351 e. The Balaban J connectivity index is 1.70. The maximum atomic E-state index is 12.1. The number of carbonyl (C=O) groups is 1. The number of H-pyrrole nitrogens is 1. The second-order valence-corrected chi connectivity index (χ2v) is 5.84. The molecule has 110 valence electrons. The van der Waals surface area contributed by atoms with Gasteiger partial charge in [0.05, 0.1) is 12.1 Å². The lowest BCUT2D eigenvalue weighted by atomic mass is 9.88. The number of hydrogen-bond acceptors (Lipinski definition) is 5. The Bertz CT molecular complexity index is 717. The predicted octanol–water partition coefficient (Wildman–Crippen LogP) is 0.0982. The van der Waals surface area contributed by atoms with Crippen LogP contribution in [0, 0.1) is 0 Å². The van der Waals surface area contributed by atoms with Crippen molar-refractivity contribution in [2.75, 3.05) is 31.7 Å². The van der Waals surface area contributed by atoms with Crippen molar-refractivity contribution in [1.29, 1.82) is 0 Å². The minimum atomic E-state index is -0.389. The number of hydrogen-bond donors (Lipinski definition) is 2. The topological polar surface area (TPSA) is 77.1 Å². The first-order chi connectivity index (χ1) is 10.2. The minimum absolute atomic E-state index is 0.122. The van der Waals surface area contributed by atoms with Gasteiger partial charge in [0.2, 0.25) is 5.91 Å². The molecule has 7 heteroatoms. The van der Waals surface area contributed by atoms with Crippen molar-refractivity contribution in [2.24, 2.45) is 0 Å². The highest BCUT2D eigenvalue weighted by Gasteiger charge is 2.56. The Kier molecular flexibility index (Phi) is 2.50. The molecule has 2 fully saturated rings. The monoisotopic (exact) mass is 286 g/mol. The second kappa shape index (κ2) is 4.17. The lowest BCUT2D eigenvalue weighted by Crippen LogP contribution is -2.71. The highest BCUT2D eigenvalue weighted by Crippen LogP contribution is 2.36. The molecule has 0 saturated carbocycles. The molecule has 0 aliphatic carbocycles. The van der Waals surface area contributed by atoms with E-state index in [0.29, 0.717) is 19.8 Å². The molecule has 2 aliphatic rings. The molecule has 2 aromatic rings. The first kappa shape index (κ1) is 12.6. The van der Waals surface area contributed by atoms with E-state index >= 15 is 0 Å². The first-order valence-corrected chi connectivity index (χ1v) is 7.21. The van der Waals surface area contributed by atoms with Crippen LogP contribution in [0.5, 0.6) is 0 Å². The zero-order valence-corrected chi connectivity index (χ0v) is 12.2. The fourth-order valence-electron chi connectivity index (χ4n) is 3.33. The number of carbonyl (C=O) groups excluding carboxylic acids is 1. The van der Waals surface area contributed by atoms with Crippen LogP contribution in [-0.2, 0) is 11.2 Å². The number of anilines is 1. The molecular weight excluding hydrogens is 268 g/mol. The van der Waals surface area contributed by atoms with Gasteiger partial charge in [0.15, 0.2) is 0 Å². The zero-order chi connectivity index (χ0) is 14.6. The van der Waals surface area contributed by atoms with Crippen molar-refractivity contribution in [3.63, 3.8) is 0 Å². The number of rotatable bonds is 2. The van der Waals surface area contributed by atoms with Gasteiger partial charge in [-0.15, -0.1) is 0 Å². The summed E-state index contributed by atoms with van der Waals surface area (Å²) in [4.78, 5) is 28.3. The van der Waals surface area contributed by atoms with Gasteiger partial charge in [-0.25, -0.2) is 9.97 Å². The molecule has 0 unspecified atom stereocenters. The zero-order valence-electron chi connectivity index (χ0n) is 12.2. The molecule has 4 rings (SSSR count). The van der Waals surface area contributed by atoms with Crippen LogP contribution in [0.2, 0.25) is 0 Å². The SMILES string of the molecule is CCc1c[nH]c2ncnc(N3CC4(C3)C(=O)NCN4C)c12. The predicted molar refractivity (Wildman–Crippen MR) is 79.0 cm³/mol. The highest BCUT2D eigenvalue weighted by molar-refractivity contribution is 5.95. The van der Waals surface area contributed by atoms with E-state index in [1.165, 1.54) is 5.56 Å². The van der Waals surface area contributed by atoms with Crippen LogP contribution in [0.15, 0.2) is 12.5 Å². The molecule has 0 atom stereocenters. The van der Waals surface area contributed by atoms with E-state index in [0.717, 1.165) is 23.3 Å².